The Bertz CT molecular complexity index is 341. The molecule has 1 aromatic heterocycles. The van der Waals surface area contributed by atoms with Crippen molar-refractivity contribution in [1.82, 2.24) is 10.1 Å². The van der Waals surface area contributed by atoms with Crippen molar-refractivity contribution < 1.29 is 9.63 Å². The summed E-state index contributed by atoms with van der Waals surface area (Å²) in [5.41, 5.74) is -0.162. The number of hydrogen-bond donors (Lipinski definition) is 1. The van der Waals surface area contributed by atoms with Gasteiger partial charge in [0.1, 0.15) is 0 Å². The van der Waals surface area contributed by atoms with Crippen LogP contribution in [0, 0.1) is 0 Å². The summed E-state index contributed by atoms with van der Waals surface area (Å²) < 4.78 is 5.18. The van der Waals surface area contributed by atoms with Crippen molar-refractivity contribution in [2.75, 3.05) is 24.6 Å². The van der Waals surface area contributed by atoms with Gasteiger partial charge in [-0.05, 0) is 5.16 Å². The molecule has 0 saturated heterocycles. The van der Waals surface area contributed by atoms with Crippen LogP contribution >= 0.6 is 0 Å². The highest BCUT2D eigenvalue weighted by atomic mass is 16.5. The first-order chi connectivity index (χ1) is 7.49. The summed E-state index contributed by atoms with van der Waals surface area (Å²) in [5, 5.41) is 12.8. The number of aliphatic hydroxyl groups is 1. The van der Waals surface area contributed by atoms with Gasteiger partial charge in [-0.3, -0.25) is 0 Å². The van der Waals surface area contributed by atoms with Crippen molar-refractivity contribution in [2.45, 2.75) is 26.2 Å². The largest absolute Gasteiger partial charge is 0.395 e. The molecule has 90 valence electrons. The van der Waals surface area contributed by atoms with Crippen LogP contribution in [0.25, 0.3) is 0 Å². The maximum Gasteiger partial charge on any atom is 0.266 e. The van der Waals surface area contributed by atoms with Crippen LogP contribution in [0.15, 0.2) is 17.2 Å². The molecule has 0 unspecified atom stereocenters. The lowest BCUT2D eigenvalue weighted by atomic mass is 9.97. The van der Waals surface area contributed by atoms with E-state index >= 15 is 0 Å². The summed E-state index contributed by atoms with van der Waals surface area (Å²) >= 11 is 0. The van der Waals surface area contributed by atoms with Gasteiger partial charge in [0, 0.05) is 18.5 Å². The van der Waals surface area contributed by atoms with Gasteiger partial charge in [0.15, 0.2) is 0 Å². The van der Waals surface area contributed by atoms with Crippen molar-refractivity contribution in [3.8, 4) is 0 Å². The first kappa shape index (κ1) is 12.7. The standard InChI is InChI=1S/C11H19N3O2/c1-5-6-14(7-8-15)10-12-9(16-13-10)11(2,3)4/h5,15H,1,6-8H2,2-4H3. The lowest BCUT2D eigenvalue weighted by Gasteiger charge is -2.16. The van der Waals surface area contributed by atoms with E-state index in [2.05, 4.69) is 16.7 Å². The first-order valence-electron chi connectivity index (χ1n) is 5.30. The topological polar surface area (TPSA) is 62.4 Å². The van der Waals surface area contributed by atoms with E-state index in [1.165, 1.54) is 0 Å². The predicted molar refractivity (Wildman–Crippen MR) is 62.5 cm³/mol. The summed E-state index contributed by atoms with van der Waals surface area (Å²) in [6.07, 6.45) is 1.74. The van der Waals surface area contributed by atoms with Crippen LogP contribution in [0.3, 0.4) is 0 Å². The minimum atomic E-state index is -0.162. The smallest absolute Gasteiger partial charge is 0.266 e. The Kier molecular flexibility index (Phi) is 4.06. The third-order valence-electron chi connectivity index (χ3n) is 2.06. The summed E-state index contributed by atoms with van der Waals surface area (Å²) in [5.74, 6) is 1.09. The Hall–Kier alpha value is -1.36. The summed E-state index contributed by atoms with van der Waals surface area (Å²) in [7, 11) is 0. The molecule has 0 fully saturated rings. The Morgan fingerprint density at radius 1 is 1.50 bits per heavy atom. The molecule has 1 N–H and O–H groups in total. The molecule has 0 aliphatic rings. The molecule has 0 aliphatic carbocycles. The monoisotopic (exact) mass is 225 g/mol. The van der Waals surface area contributed by atoms with Gasteiger partial charge in [-0.15, -0.1) is 6.58 Å². The average molecular weight is 225 g/mol. The molecule has 0 aliphatic heterocycles. The highest BCUT2D eigenvalue weighted by Crippen LogP contribution is 2.22. The van der Waals surface area contributed by atoms with Gasteiger partial charge in [-0.1, -0.05) is 26.8 Å². The lowest BCUT2D eigenvalue weighted by Crippen LogP contribution is -2.27. The zero-order valence-corrected chi connectivity index (χ0v) is 10.1. The lowest BCUT2D eigenvalue weighted by molar-refractivity contribution is 0.300. The SMILES string of the molecule is C=CCN(CCO)c1noc(C(C)(C)C)n1. The number of aliphatic hydroxyl groups excluding tert-OH is 1. The first-order valence-corrected chi connectivity index (χ1v) is 5.30. The number of aromatic nitrogens is 2. The van der Waals surface area contributed by atoms with E-state index < -0.39 is 0 Å². The van der Waals surface area contributed by atoms with Crippen LogP contribution < -0.4 is 4.90 Å². The molecule has 1 heterocycles. The fourth-order valence-electron chi connectivity index (χ4n) is 1.20. The fraction of sp³-hybridized carbons (Fsp3) is 0.636. The minimum Gasteiger partial charge on any atom is -0.395 e. The van der Waals surface area contributed by atoms with E-state index in [-0.39, 0.29) is 12.0 Å². The summed E-state index contributed by atoms with van der Waals surface area (Å²) in [4.78, 5) is 6.12. The molecule has 16 heavy (non-hydrogen) atoms. The Balaban J connectivity index is 2.85. The molecule has 5 heteroatoms. The zero-order chi connectivity index (χ0) is 12.2. The van der Waals surface area contributed by atoms with Crippen molar-refractivity contribution in [2.24, 2.45) is 0 Å². The number of hydrogen-bond acceptors (Lipinski definition) is 5. The van der Waals surface area contributed by atoms with Crippen molar-refractivity contribution in [3.63, 3.8) is 0 Å². The zero-order valence-electron chi connectivity index (χ0n) is 10.1. The quantitative estimate of drug-likeness (QED) is 0.766. The maximum absolute atomic E-state index is 8.93. The molecule has 0 radical (unpaired) electrons. The third-order valence-corrected chi connectivity index (χ3v) is 2.06. The second-order valence-electron chi connectivity index (χ2n) is 4.61. The number of nitrogens with zero attached hydrogens (tertiary/aromatic N) is 3. The van der Waals surface area contributed by atoms with Crippen LogP contribution in [0.1, 0.15) is 26.7 Å². The fourth-order valence-corrected chi connectivity index (χ4v) is 1.20. The van der Waals surface area contributed by atoms with Crippen molar-refractivity contribution >= 4 is 5.95 Å². The highest BCUT2D eigenvalue weighted by molar-refractivity contribution is 5.29. The highest BCUT2D eigenvalue weighted by Gasteiger charge is 2.23. The van der Waals surface area contributed by atoms with Crippen LogP contribution in [0.5, 0.6) is 0 Å². The van der Waals surface area contributed by atoms with E-state index in [4.69, 9.17) is 9.63 Å². The van der Waals surface area contributed by atoms with Crippen LogP contribution in [-0.2, 0) is 5.41 Å². The number of anilines is 1. The molecular formula is C11H19N3O2. The van der Waals surface area contributed by atoms with Gasteiger partial charge in [0.2, 0.25) is 5.89 Å². The third kappa shape index (κ3) is 3.06. The second-order valence-corrected chi connectivity index (χ2v) is 4.61. The van der Waals surface area contributed by atoms with Gasteiger partial charge >= 0.3 is 0 Å². The maximum atomic E-state index is 8.93. The van der Waals surface area contributed by atoms with E-state index in [0.29, 0.717) is 24.9 Å². The Labute approximate surface area is 95.8 Å². The molecule has 0 amide bonds. The van der Waals surface area contributed by atoms with Crippen LogP contribution in [0.4, 0.5) is 5.95 Å². The van der Waals surface area contributed by atoms with Crippen molar-refractivity contribution in [3.05, 3.63) is 18.5 Å². The molecule has 5 nitrogen and oxygen atoms in total. The molecular weight excluding hydrogens is 206 g/mol. The van der Waals surface area contributed by atoms with Gasteiger partial charge in [0.05, 0.1) is 6.61 Å². The van der Waals surface area contributed by atoms with Gasteiger partial charge in [0.25, 0.3) is 5.95 Å². The average Bonchev–Trinajstić information content (AvgIpc) is 2.65. The van der Waals surface area contributed by atoms with E-state index in [1.54, 1.807) is 6.08 Å². The summed E-state index contributed by atoms with van der Waals surface area (Å²) in [6, 6.07) is 0. The van der Waals surface area contributed by atoms with Gasteiger partial charge in [-0.25, -0.2) is 0 Å². The molecule has 0 atom stereocenters. The normalized spacial score (nSPS) is 11.5. The van der Waals surface area contributed by atoms with Crippen molar-refractivity contribution in [1.29, 1.82) is 0 Å². The number of rotatable bonds is 5. The summed E-state index contributed by atoms with van der Waals surface area (Å²) in [6.45, 7) is 10.8. The molecule has 1 rings (SSSR count). The van der Waals surface area contributed by atoms with E-state index in [0.717, 1.165) is 0 Å². The van der Waals surface area contributed by atoms with Gasteiger partial charge < -0.3 is 14.5 Å². The van der Waals surface area contributed by atoms with Crippen LogP contribution in [0.2, 0.25) is 0 Å². The van der Waals surface area contributed by atoms with Crippen LogP contribution in [-0.4, -0.2) is 34.9 Å². The van der Waals surface area contributed by atoms with E-state index in [9.17, 15) is 0 Å². The Morgan fingerprint density at radius 3 is 2.62 bits per heavy atom. The second kappa shape index (κ2) is 5.12. The molecule has 1 aromatic rings. The molecule has 0 spiro atoms. The molecule has 0 bridgehead atoms. The minimum absolute atomic E-state index is 0.0488. The molecule has 0 aromatic carbocycles. The predicted octanol–water partition coefficient (Wildman–Crippen LogP) is 1.35. The molecule has 0 saturated carbocycles. The van der Waals surface area contributed by atoms with Gasteiger partial charge in [-0.2, -0.15) is 4.98 Å². The Morgan fingerprint density at radius 2 is 2.19 bits per heavy atom. The van der Waals surface area contributed by atoms with E-state index in [1.807, 2.05) is 25.7 Å².